The minimum atomic E-state index is -0.570. The summed E-state index contributed by atoms with van der Waals surface area (Å²) in [6.45, 7) is 13.3. The molecule has 2 fully saturated rings. The molecule has 2 aliphatic heterocycles. The maximum atomic E-state index is 13.3. The molecule has 0 bridgehead atoms. The first-order valence-corrected chi connectivity index (χ1v) is 16.9. The van der Waals surface area contributed by atoms with Gasteiger partial charge in [-0.3, -0.25) is 14.6 Å². The van der Waals surface area contributed by atoms with Crippen molar-refractivity contribution in [1.82, 2.24) is 19.8 Å². The number of anilines is 6. The number of halogens is 2. The molecule has 1 aromatic heterocycles. The number of ether oxygens (including phenoxy) is 2. The lowest BCUT2D eigenvalue weighted by atomic mass is 10.0. The molecular weight excluding hydrogens is 669 g/mol. The number of carbonyl (C=O) groups is 2. The van der Waals surface area contributed by atoms with E-state index in [1.807, 2.05) is 18.2 Å². The Morgan fingerprint density at radius 2 is 1.63 bits per heavy atom. The Balaban J connectivity index is 1.29. The number of rotatable bonds is 11. The summed E-state index contributed by atoms with van der Waals surface area (Å²) in [6.07, 6.45) is 4.75. The van der Waals surface area contributed by atoms with Crippen LogP contribution in [-0.2, 0) is 4.79 Å². The lowest BCUT2D eigenvalue weighted by Crippen LogP contribution is -2.53. The number of amides is 3. The maximum Gasteiger partial charge on any atom is 0.327 e. The van der Waals surface area contributed by atoms with Crippen molar-refractivity contribution in [1.29, 1.82) is 0 Å². The summed E-state index contributed by atoms with van der Waals surface area (Å²) in [6, 6.07) is 9.05. The SMILES string of the molecule is C=CC(=O)Nc1cc(N2CCC(N3CCN(CC)CC3)CC2)ccc1Nc1cc(N(C)C(=O)Nc2c(Cl)c(OC)cc(OC)c2Cl)ncn1. The van der Waals surface area contributed by atoms with E-state index in [0.29, 0.717) is 23.2 Å². The standard InChI is InChI=1S/C34H43Cl2N9O4/c1-6-30(46)40-25-18-23(44-12-10-22(11-13-44)45-16-14-43(7-2)15-17-45)8-9-24(25)39-28-20-29(38-21-37-28)42(3)34(47)41-33-31(35)26(48-4)19-27(49-5)32(33)36/h6,8-9,18-22H,1,7,10-17H2,2-5H3,(H,40,46)(H,41,47)(H,37,38,39). The van der Waals surface area contributed by atoms with Gasteiger partial charge in [0, 0.05) is 70.2 Å². The molecule has 5 rings (SSSR count). The molecule has 15 heteroatoms. The lowest BCUT2D eigenvalue weighted by molar-refractivity contribution is -0.111. The molecule has 2 aliphatic rings. The van der Waals surface area contributed by atoms with E-state index in [4.69, 9.17) is 32.7 Å². The van der Waals surface area contributed by atoms with Crippen LogP contribution in [0.15, 0.2) is 49.3 Å². The first kappa shape index (κ1) is 36.0. The Morgan fingerprint density at radius 3 is 2.24 bits per heavy atom. The molecule has 262 valence electrons. The second-order valence-electron chi connectivity index (χ2n) is 11.8. The minimum absolute atomic E-state index is 0.118. The lowest BCUT2D eigenvalue weighted by Gasteiger charge is -2.43. The van der Waals surface area contributed by atoms with E-state index >= 15 is 0 Å². The van der Waals surface area contributed by atoms with Gasteiger partial charge in [0.1, 0.15) is 39.5 Å². The Bertz CT molecular complexity index is 1630. The number of nitrogens with zero attached hydrogens (tertiary/aromatic N) is 6. The number of carbonyl (C=O) groups excluding carboxylic acids is 2. The van der Waals surface area contributed by atoms with E-state index in [-0.39, 0.29) is 39.0 Å². The summed E-state index contributed by atoms with van der Waals surface area (Å²) in [7, 11) is 4.43. The van der Waals surface area contributed by atoms with Crippen LogP contribution in [0, 0.1) is 0 Å². The fourth-order valence-corrected chi connectivity index (χ4v) is 6.68. The van der Waals surface area contributed by atoms with Gasteiger partial charge in [-0.25, -0.2) is 14.8 Å². The van der Waals surface area contributed by atoms with Crippen LogP contribution in [0.1, 0.15) is 19.8 Å². The van der Waals surface area contributed by atoms with Gasteiger partial charge in [0.05, 0.1) is 31.3 Å². The zero-order chi connectivity index (χ0) is 35.1. The molecule has 0 unspecified atom stereocenters. The van der Waals surface area contributed by atoms with Crippen molar-refractivity contribution in [3.05, 3.63) is 59.4 Å². The first-order chi connectivity index (χ1) is 23.6. The normalized spacial score (nSPS) is 15.8. The topological polar surface area (TPSA) is 127 Å². The number of piperidine rings is 1. The van der Waals surface area contributed by atoms with Crippen LogP contribution in [0.25, 0.3) is 0 Å². The average Bonchev–Trinajstić information content (AvgIpc) is 3.14. The molecule has 3 aromatic rings. The van der Waals surface area contributed by atoms with Gasteiger partial charge in [0.15, 0.2) is 0 Å². The summed E-state index contributed by atoms with van der Waals surface area (Å²) < 4.78 is 10.6. The van der Waals surface area contributed by atoms with Crippen LogP contribution in [0.3, 0.4) is 0 Å². The van der Waals surface area contributed by atoms with E-state index < -0.39 is 6.03 Å². The number of hydrogen-bond acceptors (Lipinski definition) is 10. The van der Waals surface area contributed by atoms with Gasteiger partial charge in [0.2, 0.25) is 5.91 Å². The molecule has 0 radical (unpaired) electrons. The highest BCUT2D eigenvalue weighted by Gasteiger charge is 2.28. The van der Waals surface area contributed by atoms with Crippen LogP contribution >= 0.6 is 23.2 Å². The second-order valence-corrected chi connectivity index (χ2v) is 12.5. The maximum absolute atomic E-state index is 13.3. The number of methoxy groups -OCH3 is 2. The highest BCUT2D eigenvalue weighted by atomic mass is 35.5. The molecule has 3 N–H and O–H groups in total. The fourth-order valence-electron chi connectivity index (χ4n) is 6.09. The van der Waals surface area contributed by atoms with Crippen LogP contribution < -0.4 is 35.2 Å². The highest BCUT2D eigenvalue weighted by molar-refractivity contribution is 6.41. The summed E-state index contributed by atoms with van der Waals surface area (Å²) in [4.78, 5) is 43.1. The number of piperazine rings is 1. The van der Waals surface area contributed by atoms with Crippen LogP contribution in [0.2, 0.25) is 10.0 Å². The van der Waals surface area contributed by atoms with Gasteiger partial charge in [-0.15, -0.1) is 0 Å². The minimum Gasteiger partial charge on any atom is -0.495 e. The molecule has 0 saturated carbocycles. The summed E-state index contributed by atoms with van der Waals surface area (Å²) >= 11 is 12.9. The van der Waals surface area contributed by atoms with Crippen LogP contribution in [0.5, 0.6) is 11.5 Å². The number of benzene rings is 2. The second kappa shape index (κ2) is 16.4. The predicted molar refractivity (Wildman–Crippen MR) is 196 cm³/mol. The third-order valence-electron chi connectivity index (χ3n) is 9.02. The Morgan fingerprint density at radius 1 is 0.959 bits per heavy atom. The van der Waals surface area contributed by atoms with Crippen molar-refractivity contribution in [3.8, 4) is 11.5 Å². The molecule has 3 heterocycles. The van der Waals surface area contributed by atoms with Crippen molar-refractivity contribution < 1.29 is 19.1 Å². The van der Waals surface area contributed by atoms with E-state index in [2.05, 4.69) is 54.1 Å². The number of likely N-dealkylation sites (N-methyl/N-ethyl adjacent to an activating group) is 1. The van der Waals surface area contributed by atoms with Crippen molar-refractivity contribution in [2.24, 2.45) is 0 Å². The van der Waals surface area contributed by atoms with Crippen molar-refractivity contribution in [2.45, 2.75) is 25.8 Å². The monoisotopic (exact) mass is 711 g/mol. The molecule has 0 atom stereocenters. The van der Waals surface area contributed by atoms with Crippen LogP contribution in [-0.4, -0.2) is 105 Å². The summed E-state index contributed by atoms with van der Waals surface area (Å²) in [5, 5.41) is 9.13. The smallest absolute Gasteiger partial charge is 0.327 e. The van der Waals surface area contributed by atoms with E-state index in [0.717, 1.165) is 64.3 Å². The van der Waals surface area contributed by atoms with Gasteiger partial charge >= 0.3 is 6.03 Å². The predicted octanol–water partition coefficient (Wildman–Crippen LogP) is 5.94. The number of aromatic nitrogens is 2. The molecule has 13 nitrogen and oxygen atoms in total. The Kier molecular flexibility index (Phi) is 12.0. The van der Waals surface area contributed by atoms with E-state index in [1.54, 1.807) is 13.1 Å². The first-order valence-electron chi connectivity index (χ1n) is 16.2. The highest BCUT2D eigenvalue weighted by Crippen LogP contribution is 2.44. The molecular formula is C34H43Cl2N9O4. The molecule has 2 aromatic carbocycles. The fraction of sp³-hybridized carbons (Fsp3) is 0.412. The molecule has 2 saturated heterocycles. The van der Waals surface area contributed by atoms with Gasteiger partial charge in [-0.2, -0.15) is 0 Å². The number of nitrogens with one attached hydrogen (secondary N) is 3. The zero-order valence-electron chi connectivity index (χ0n) is 28.3. The quantitative estimate of drug-likeness (QED) is 0.206. The molecule has 0 aliphatic carbocycles. The average molecular weight is 713 g/mol. The third-order valence-corrected chi connectivity index (χ3v) is 9.77. The van der Waals surface area contributed by atoms with Gasteiger partial charge in [-0.05, 0) is 43.7 Å². The van der Waals surface area contributed by atoms with Crippen molar-refractivity contribution in [3.63, 3.8) is 0 Å². The Hall–Kier alpha value is -4.30. The number of urea groups is 1. The zero-order valence-corrected chi connectivity index (χ0v) is 29.8. The van der Waals surface area contributed by atoms with Gasteiger partial charge < -0.3 is 35.2 Å². The molecule has 49 heavy (non-hydrogen) atoms. The molecule has 3 amide bonds. The van der Waals surface area contributed by atoms with Crippen LogP contribution in [0.4, 0.5) is 39.2 Å². The largest absolute Gasteiger partial charge is 0.495 e. The van der Waals surface area contributed by atoms with Gasteiger partial charge in [-0.1, -0.05) is 36.7 Å². The number of hydrogen-bond donors (Lipinski definition) is 3. The Labute approximate surface area is 297 Å². The van der Waals surface area contributed by atoms with Crippen molar-refractivity contribution in [2.75, 3.05) is 92.8 Å². The van der Waals surface area contributed by atoms with Gasteiger partial charge in [0.25, 0.3) is 0 Å². The third kappa shape index (κ3) is 8.47. The van der Waals surface area contributed by atoms with E-state index in [9.17, 15) is 9.59 Å². The summed E-state index contributed by atoms with van der Waals surface area (Å²) in [5.41, 5.74) is 2.33. The van der Waals surface area contributed by atoms with E-state index in [1.165, 1.54) is 37.6 Å². The molecule has 0 spiro atoms. The summed E-state index contributed by atoms with van der Waals surface area (Å²) in [5.74, 6) is 0.908. The van der Waals surface area contributed by atoms with Crippen molar-refractivity contribution >= 4 is 69.5 Å².